The van der Waals surface area contributed by atoms with Crippen LogP contribution in [0.5, 0.6) is 0 Å². The van der Waals surface area contributed by atoms with Gasteiger partial charge in [-0.1, -0.05) is 36.4 Å². The molecule has 0 aromatic heterocycles. The lowest BCUT2D eigenvalue weighted by molar-refractivity contribution is 0.0523. The molecule has 3 aromatic carbocycles. The minimum absolute atomic E-state index is 0.214. The third kappa shape index (κ3) is 3.47. The Morgan fingerprint density at radius 1 is 0.867 bits per heavy atom. The lowest BCUT2D eigenvalue weighted by Crippen LogP contribution is -2.39. The van der Waals surface area contributed by atoms with E-state index < -0.39 is 29.7 Å². The topological polar surface area (TPSA) is 81.4 Å². The molecule has 5 nitrogen and oxygen atoms in total. The second-order valence-electron chi connectivity index (χ2n) is 7.10. The molecule has 30 heavy (non-hydrogen) atoms. The van der Waals surface area contributed by atoms with Crippen molar-refractivity contribution in [1.82, 2.24) is 4.90 Å². The summed E-state index contributed by atoms with van der Waals surface area (Å²) in [5.74, 6) is -1.94. The Hall–Kier alpha value is -3.82. The summed E-state index contributed by atoms with van der Waals surface area (Å²) in [5, 5.41) is 20.1. The number of hydrogen-bond donors (Lipinski definition) is 1. The van der Waals surface area contributed by atoms with Gasteiger partial charge in [-0.3, -0.25) is 14.5 Å². The van der Waals surface area contributed by atoms with Crippen molar-refractivity contribution >= 4 is 11.8 Å². The van der Waals surface area contributed by atoms with Gasteiger partial charge in [0.1, 0.15) is 5.82 Å². The first-order valence-electron chi connectivity index (χ1n) is 9.38. The number of nitrogens with zero attached hydrogens (tertiary/aromatic N) is 2. The highest BCUT2D eigenvalue weighted by Crippen LogP contribution is 2.31. The number of β-amino-alcohol motifs (C(OH)–C–C–N with tert-alkyl or cyclic N) is 1. The summed E-state index contributed by atoms with van der Waals surface area (Å²) in [7, 11) is 0. The number of nitriles is 1. The highest BCUT2D eigenvalue weighted by atomic mass is 19.1. The van der Waals surface area contributed by atoms with E-state index in [4.69, 9.17) is 5.26 Å². The van der Waals surface area contributed by atoms with Gasteiger partial charge in [-0.05, 0) is 47.5 Å². The fourth-order valence-corrected chi connectivity index (χ4v) is 3.77. The van der Waals surface area contributed by atoms with E-state index in [-0.39, 0.29) is 6.54 Å². The monoisotopic (exact) mass is 400 g/mol. The van der Waals surface area contributed by atoms with Gasteiger partial charge in [-0.15, -0.1) is 0 Å². The molecule has 148 valence electrons. The van der Waals surface area contributed by atoms with Gasteiger partial charge < -0.3 is 5.11 Å². The highest BCUT2D eigenvalue weighted by molar-refractivity contribution is 6.21. The molecule has 1 N–H and O–H groups in total. The largest absolute Gasteiger partial charge is 0.390 e. The summed E-state index contributed by atoms with van der Waals surface area (Å²) in [6.45, 7) is -0.214. The Morgan fingerprint density at radius 2 is 1.37 bits per heavy atom. The zero-order chi connectivity index (χ0) is 21.3. The summed E-state index contributed by atoms with van der Waals surface area (Å²) in [6.07, 6.45) is -1.13. The maximum atomic E-state index is 13.4. The van der Waals surface area contributed by atoms with E-state index in [2.05, 4.69) is 0 Å². The fraction of sp³-hybridized carbons (Fsp3) is 0.125. The van der Waals surface area contributed by atoms with E-state index in [1.54, 1.807) is 60.7 Å². The van der Waals surface area contributed by atoms with Crippen molar-refractivity contribution in [1.29, 1.82) is 5.26 Å². The number of halogens is 1. The Balaban J connectivity index is 1.67. The summed E-state index contributed by atoms with van der Waals surface area (Å²) in [5.41, 5.74) is 2.40. The smallest absolute Gasteiger partial charge is 0.261 e. The summed E-state index contributed by atoms with van der Waals surface area (Å²) >= 11 is 0. The average Bonchev–Trinajstić information content (AvgIpc) is 3.01. The van der Waals surface area contributed by atoms with Gasteiger partial charge in [0.25, 0.3) is 11.8 Å². The normalized spacial score (nSPS) is 14.9. The first-order valence-corrected chi connectivity index (χ1v) is 9.38. The number of imide groups is 1. The zero-order valence-corrected chi connectivity index (χ0v) is 15.8. The molecule has 0 unspecified atom stereocenters. The van der Waals surface area contributed by atoms with Crippen LogP contribution in [-0.4, -0.2) is 34.5 Å². The van der Waals surface area contributed by atoms with Crippen LogP contribution in [0.2, 0.25) is 0 Å². The number of carbonyl (C=O) groups excluding carboxylic acids is 2. The number of amides is 2. The summed E-state index contributed by atoms with van der Waals surface area (Å²) < 4.78 is 13.4. The van der Waals surface area contributed by atoms with Crippen LogP contribution in [0.15, 0.2) is 72.8 Å². The molecular formula is C24H17FN2O3. The maximum Gasteiger partial charge on any atom is 0.261 e. The van der Waals surface area contributed by atoms with Crippen LogP contribution in [0.25, 0.3) is 0 Å². The third-order valence-electron chi connectivity index (χ3n) is 5.26. The van der Waals surface area contributed by atoms with E-state index >= 15 is 0 Å². The average molecular weight is 400 g/mol. The minimum atomic E-state index is -1.13. The lowest BCUT2D eigenvalue weighted by Gasteiger charge is -2.27. The van der Waals surface area contributed by atoms with Gasteiger partial charge in [0.15, 0.2) is 0 Å². The second kappa shape index (κ2) is 7.90. The van der Waals surface area contributed by atoms with Gasteiger partial charge in [-0.25, -0.2) is 4.39 Å². The molecule has 1 heterocycles. The predicted molar refractivity (Wildman–Crippen MR) is 107 cm³/mol. The maximum absolute atomic E-state index is 13.4. The van der Waals surface area contributed by atoms with Gasteiger partial charge in [0.2, 0.25) is 0 Å². The lowest BCUT2D eigenvalue weighted by atomic mass is 9.86. The van der Waals surface area contributed by atoms with Crippen LogP contribution < -0.4 is 0 Å². The van der Waals surface area contributed by atoms with Gasteiger partial charge >= 0.3 is 0 Å². The standard InChI is InChI=1S/C24H17FN2O3/c25-18-11-9-17(10-12-18)22(16-7-5-15(13-26)6-8-16)21(28)14-27-23(29)19-3-1-2-4-20(19)24(27)30/h1-12,21-22,28H,14H2/t21-,22+/m0/s1. The molecule has 1 aliphatic rings. The Morgan fingerprint density at radius 3 is 1.87 bits per heavy atom. The van der Waals surface area contributed by atoms with Crippen LogP contribution in [0.4, 0.5) is 4.39 Å². The molecule has 0 saturated carbocycles. The molecule has 0 spiro atoms. The van der Waals surface area contributed by atoms with E-state index in [9.17, 15) is 19.1 Å². The van der Waals surface area contributed by atoms with Crippen LogP contribution in [-0.2, 0) is 0 Å². The highest BCUT2D eigenvalue weighted by Gasteiger charge is 2.38. The number of carbonyl (C=O) groups is 2. The number of benzene rings is 3. The molecule has 0 saturated heterocycles. The molecule has 4 rings (SSSR count). The summed E-state index contributed by atoms with van der Waals surface area (Å²) in [4.78, 5) is 26.4. The van der Waals surface area contributed by atoms with Crippen LogP contribution in [0, 0.1) is 17.1 Å². The molecule has 2 amide bonds. The third-order valence-corrected chi connectivity index (χ3v) is 5.26. The van der Waals surface area contributed by atoms with Crippen molar-refractivity contribution in [2.75, 3.05) is 6.54 Å². The number of aliphatic hydroxyl groups is 1. The second-order valence-corrected chi connectivity index (χ2v) is 7.10. The molecule has 2 atom stereocenters. The molecular weight excluding hydrogens is 383 g/mol. The zero-order valence-electron chi connectivity index (χ0n) is 15.8. The van der Waals surface area contributed by atoms with E-state index in [0.717, 1.165) is 4.90 Å². The van der Waals surface area contributed by atoms with Crippen LogP contribution in [0.1, 0.15) is 43.3 Å². The quantitative estimate of drug-likeness (QED) is 0.665. The van der Waals surface area contributed by atoms with Crippen LogP contribution in [0.3, 0.4) is 0 Å². The number of fused-ring (bicyclic) bond motifs is 1. The van der Waals surface area contributed by atoms with Crippen molar-refractivity contribution < 1.29 is 19.1 Å². The molecule has 3 aromatic rings. The number of hydrogen-bond acceptors (Lipinski definition) is 4. The van der Waals surface area contributed by atoms with Crippen LogP contribution >= 0.6 is 0 Å². The molecule has 0 aliphatic carbocycles. The van der Waals surface area contributed by atoms with Crippen molar-refractivity contribution in [2.24, 2.45) is 0 Å². The van der Waals surface area contributed by atoms with Gasteiger partial charge in [0.05, 0.1) is 35.4 Å². The minimum Gasteiger partial charge on any atom is -0.390 e. The van der Waals surface area contributed by atoms with E-state index in [1.165, 1.54) is 12.1 Å². The SMILES string of the molecule is N#Cc1ccc([C@H](c2ccc(F)cc2)[C@@H](O)CN2C(=O)c3ccccc3C2=O)cc1. The first kappa shape index (κ1) is 19.5. The first-order chi connectivity index (χ1) is 14.5. The number of aliphatic hydroxyl groups excluding tert-OH is 1. The molecule has 0 radical (unpaired) electrons. The fourth-order valence-electron chi connectivity index (χ4n) is 3.77. The predicted octanol–water partition coefficient (Wildman–Crippen LogP) is 3.49. The Labute approximate surface area is 172 Å². The van der Waals surface area contributed by atoms with Crippen molar-refractivity contribution in [3.8, 4) is 6.07 Å². The molecule has 6 heteroatoms. The van der Waals surface area contributed by atoms with E-state index in [1.807, 2.05) is 6.07 Å². The Bertz CT molecular complexity index is 1120. The summed E-state index contributed by atoms with van der Waals surface area (Å²) in [6, 6.07) is 20.9. The van der Waals surface area contributed by atoms with Crippen molar-refractivity contribution in [3.63, 3.8) is 0 Å². The Kier molecular flexibility index (Phi) is 5.13. The van der Waals surface area contributed by atoms with Gasteiger partial charge in [-0.2, -0.15) is 5.26 Å². The van der Waals surface area contributed by atoms with Crippen molar-refractivity contribution in [2.45, 2.75) is 12.0 Å². The molecule has 0 bridgehead atoms. The van der Waals surface area contributed by atoms with Crippen molar-refractivity contribution in [3.05, 3.63) is 106 Å². The molecule has 0 fully saturated rings. The molecule has 1 aliphatic heterocycles. The van der Waals surface area contributed by atoms with Gasteiger partial charge in [0, 0.05) is 5.92 Å². The number of rotatable bonds is 5. The van der Waals surface area contributed by atoms with E-state index in [0.29, 0.717) is 27.8 Å².